The summed E-state index contributed by atoms with van der Waals surface area (Å²) in [6, 6.07) is 5.10. The Morgan fingerprint density at radius 1 is 1.33 bits per heavy atom. The van der Waals surface area contributed by atoms with Gasteiger partial charge in [-0.05, 0) is 12.1 Å². The molecule has 3 rings (SSSR count). The van der Waals surface area contributed by atoms with Gasteiger partial charge in [-0.15, -0.1) is 11.8 Å². The number of anilines is 1. The van der Waals surface area contributed by atoms with Gasteiger partial charge in [-0.2, -0.15) is 16.7 Å². The molecule has 21 heavy (non-hydrogen) atoms. The van der Waals surface area contributed by atoms with E-state index in [2.05, 4.69) is 24.0 Å². The van der Waals surface area contributed by atoms with Crippen LogP contribution in [0.4, 0.5) is 5.69 Å². The van der Waals surface area contributed by atoms with Crippen molar-refractivity contribution in [1.82, 2.24) is 10.1 Å². The molecule has 3 atom stereocenters. The Morgan fingerprint density at radius 2 is 2.14 bits per heavy atom. The average molecular weight is 323 g/mol. The number of benzene rings is 1. The van der Waals surface area contributed by atoms with E-state index >= 15 is 0 Å². The van der Waals surface area contributed by atoms with Crippen LogP contribution in [0.2, 0.25) is 0 Å². The summed E-state index contributed by atoms with van der Waals surface area (Å²) in [6.07, 6.45) is 0. The minimum Gasteiger partial charge on any atom is -0.505 e. The van der Waals surface area contributed by atoms with Crippen molar-refractivity contribution in [3.8, 4) is 17.2 Å². The lowest BCUT2D eigenvalue weighted by atomic mass is 10.2. The van der Waals surface area contributed by atoms with Gasteiger partial charge < -0.3 is 15.4 Å². The molecule has 0 aliphatic carbocycles. The number of hydrogen-bond donors (Lipinski definition) is 2. The lowest BCUT2D eigenvalue weighted by Gasteiger charge is -2.29. The quantitative estimate of drug-likeness (QED) is 0.647. The summed E-state index contributed by atoms with van der Waals surface area (Å²) in [6.45, 7) is 4.46. The van der Waals surface area contributed by atoms with Crippen LogP contribution < -0.4 is 5.73 Å². The number of aromatic nitrogens is 2. The molecular weight excluding hydrogens is 306 g/mol. The number of hydrogen-bond acceptors (Lipinski definition) is 7. The van der Waals surface area contributed by atoms with E-state index in [9.17, 15) is 5.11 Å². The van der Waals surface area contributed by atoms with Gasteiger partial charge >= 0.3 is 0 Å². The number of phenols is 1. The van der Waals surface area contributed by atoms with E-state index in [-0.39, 0.29) is 11.0 Å². The molecule has 1 aliphatic rings. The smallest absolute Gasteiger partial charge is 0.261 e. The third-order valence-corrected chi connectivity index (χ3v) is 6.96. The van der Waals surface area contributed by atoms with Gasteiger partial charge in [0, 0.05) is 16.3 Å². The van der Waals surface area contributed by atoms with Crippen LogP contribution in [0.1, 0.15) is 24.9 Å². The second-order valence-corrected chi connectivity index (χ2v) is 8.06. The molecule has 0 radical (unpaired) electrons. The van der Waals surface area contributed by atoms with Crippen molar-refractivity contribution in [2.75, 3.05) is 11.5 Å². The average Bonchev–Trinajstić information content (AvgIpc) is 2.94. The molecule has 0 spiro atoms. The second-order valence-electron chi connectivity index (χ2n) is 5.07. The lowest BCUT2D eigenvalue weighted by Crippen LogP contribution is -2.22. The van der Waals surface area contributed by atoms with Crippen LogP contribution in [-0.4, -0.2) is 31.5 Å². The molecule has 1 aliphatic heterocycles. The Bertz CT molecular complexity index is 647. The molecule has 7 heteroatoms. The number of phenolic OH excluding ortho intramolecular Hbond substituents is 1. The number of thioether (sulfide) groups is 2. The number of nitrogens with two attached hydrogens (primary N) is 1. The van der Waals surface area contributed by atoms with E-state index in [4.69, 9.17) is 10.3 Å². The maximum absolute atomic E-state index is 9.99. The third-order valence-electron chi connectivity index (χ3n) is 3.58. The Morgan fingerprint density at radius 3 is 2.90 bits per heavy atom. The minimum absolute atomic E-state index is 0.0136. The Labute approximate surface area is 131 Å². The summed E-state index contributed by atoms with van der Waals surface area (Å²) < 4.78 is 5.30. The second kappa shape index (κ2) is 5.81. The summed E-state index contributed by atoms with van der Waals surface area (Å²) >= 11 is 3.80. The molecule has 3 unspecified atom stereocenters. The van der Waals surface area contributed by atoms with Gasteiger partial charge in [-0.25, -0.2) is 0 Å². The van der Waals surface area contributed by atoms with E-state index in [1.807, 2.05) is 23.5 Å². The third kappa shape index (κ3) is 2.85. The van der Waals surface area contributed by atoms with Crippen molar-refractivity contribution < 1.29 is 9.63 Å². The van der Waals surface area contributed by atoms with Gasteiger partial charge in [0.25, 0.3) is 5.89 Å². The lowest BCUT2D eigenvalue weighted by molar-refractivity contribution is 0.418. The monoisotopic (exact) mass is 323 g/mol. The highest BCUT2D eigenvalue weighted by Crippen LogP contribution is 2.44. The highest BCUT2D eigenvalue weighted by Gasteiger charge is 2.30. The van der Waals surface area contributed by atoms with Crippen molar-refractivity contribution in [2.45, 2.75) is 29.6 Å². The maximum atomic E-state index is 9.99. The van der Waals surface area contributed by atoms with Crippen LogP contribution in [0.5, 0.6) is 5.75 Å². The summed E-state index contributed by atoms with van der Waals surface area (Å²) in [5.41, 5.74) is 6.47. The number of nitrogens with zero attached hydrogens (tertiary/aromatic N) is 2. The first-order chi connectivity index (χ1) is 10.1. The molecule has 2 aromatic rings. The fourth-order valence-corrected chi connectivity index (χ4v) is 4.96. The van der Waals surface area contributed by atoms with Crippen molar-refractivity contribution in [3.63, 3.8) is 0 Å². The highest BCUT2D eigenvalue weighted by molar-refractivity contribution is 8.07. The summed E-state index contributed by atoms with van der Waals surface area (Å²) in [7, 11) is 0. The van der Waals surface area contributed by atoms with Crippen LogP contribution in [0, 0.1) is 0 Å². The molecule has 0 amide bonds. The van der Waals surface area contributed by atoms with Gasteiger partial charge in [0.15, 0.2) is 11.6 Å². The van der Waals surface area contributed by atoms with Crippen LogP contribution in [0.15, 0.2) is 22.7 Å². The zero-order valence-electron chi connectivity index (χ0n) is 11.8. The van der Waals surface area contributed by atoms with E-state index in [0.29, 0.717) is 33.5 Å². The molecule has 0 bridgehead atoms. The Balaban J connectivity index is 1.85. The zero-order chi connectivity index (χ0) is 15.0. The number of para-hydroxylation sites is 1. The molecular formula is C14H17N3O2S2. The van der Waals surface area contributed by atoms with Crippen molar-refractivity contribution in [2.24, 2.45) is 0 Å². The fraction of sp³-hybridized carbons (Fsp3) is 0.429. The van der Waals surface area contributed by atoms with E-state index in [0.717, 1.165) is 5.75 Å². The Hall–Kier alpha value is -1.34. The van der Waals surface area contributed by atoms with Gasteiger partial charge in [0.2, 0.25) is 0 Å². The van der Waals surface area contributed by atoms with E-state index in [1.165, 1.54) is 0 Å². The summed E-state index contributed by atoms with van der Waals surface area (Å²) in [4.78, 5) is 4.44. The number of aromatic hydroxyl groups is 1. The standard InChI is InChI=1S/C14H17N3O2S2/c1-7-8(2)21-11(6-20-7)13-16-14(19-17-13)9-4-3-5-10(15)12(9)18/h3-5,7-8,11,18H,6,15H2,1-2H3. The van der Waals surface area contributed by atoms with Crippen LogP contribution in [-0.2, 0) is 0 Å². The molecule has 1 fully saturated rings. The molecule has 2 heterocycles. The van der Waals surface area contributed by atoms with Gasteiger partial charge in [0.05, 0.1) is 16.5 Å². The summed E-state index contributed by atoms with van der Waals surface area (Å²) in [5.74, 6) is 1.95. The maximum Gasteiger partial charge on any atom is 0.261 e. The van der Waals surface area contributed by atoms with Crippen molar-refractivity contribution in [1.29, 1.82) is 0 Å². The van der Waals surface area contributed by atoms with Crippen LogP contribution in [0.3, 0.4) is 0 Å². The molecule has 1 aromatic carbocycles. The van der Waals surface area contributed by atoms with Crippen molar-refractivity contribution >= 4 is 29.2 Å². The highest BCUT2D eigenvalue weighted by atomic mass is 32.2. The molecule has 0 saturated carbocycles. The minimum atomic E-state index is -0.0136. The first kappa shape index (κ1) is 14.6. The zero-order valence-corrected chi connectivity index (χ0v) is 13.4. The normalized spacial score (nSPS) is 25.9. The topological polar surface area (TPSA) is 85.2 Å². The largest absolute Gasteiger partial charge is 0.505 e. The Kier molecular flexibility index (Phi) is 4.03. The SMILES string of the molecule is CC1SCC(c2noc(-c3cccc(N)c3O)n2)SC1C. The van der Waals surface area contributed by atoms with E-state index in [1.54, 1.807) is 18.2 Å². The molecule has 1 saturated heterocycles. The molecule has 3 N–H and O–H groups in total. The van der Waals surface area contributed by atoms with E-state index < -0.39 is 0 Å². The molecule has 1 aromatic heterocycles. The van der Waals surface area contributed by atoms with Crippen LogP contribution >= 0.6 is 23.5 Å². The number of nitrogen functional groups attached to an aromatic ring is 1. The molecule has 5 nitrogen and oxygen atoms in total. The van der Waals surface area contributed by atoms with Gasteiger partial charge in [0.1, 0.15) is 0 Å². The van der Waals surface area contributed by atoms with Crippen molar-refractivity contribution in [3.05, 3.63) is 24.0 Å². The van der Waals surface area contributed by atoms with Gasteiger partial charge in [-0.3, -0.25) is 0 Å². The first-order valence-corrected chi connectivity index (χ1v) is 8.74. The first-order valence-electron chi connectivity index (χ1n) is 6.74. The predicted molar refractivity (Wildman–Crippen MR) is 87.5 cm³/mol. The predicted octanol–water partition coefficient (Wildman–Crippen LogP) is 3.32. The number of rotatable bonds is 2. The van der Waals surface area contributed by atoms with Crippen LogP contribution in [0.25, 0.3) is 11.5 Å². The molecule has 112 valence electrons. The fourth-order valence-electron chi connectivity index (χ4n) is 2.13. The van der Waals surface area contributed by atoms with Gasteiger partial charge in [-0.1, -0.05) is 25.1 Å². The summed E-state index contributed by atoms with van der Waals surface area (Å²) in [5, 5.41) is 15.5.